The topological polar surface area (TPSA) is 38.0 Å². The summed E-state index contributed by atoms with van der Waals surface area (Å²) in [6, 6.07) is 2.50. The number of nitrogens with two attached hydrogens (primary N) is 1. The summed E-state index contributed by atoms with van der Waals surface area (Å²) in [6.45, 7) is 0. The van der Waals surface area contributed by atoms with E-state index >= 15 is 0 Å². The van der Waals surface area contributed by atoms with Crippen molar-refractivity contribution >= 4 is 21.6 Å². The van der Waals surface area contributed by atoms with E-state index in [9.17, 15) is 8.78 Å². The zero-order valence-electron chi connectivity index (χ0n) is 7.93. The average molecular weight is 277 g/mol. The minimum atomic E-state index is -0.588. The van der Waals surface area contributed by atoms with E-state index in [0.717, 1.165) is 18.9 Å². The largest absolute Gasteiger partial charge is 0.379 e. The van der Waals surface area contributed by atoms with Crippen LogP contribution in [0.4, 0.5) is 14.5 Å². The molecule has 0 saturated heterocycles. The van der Waals surface area contributed by atoms with Gasteiger partial charge in [-0.1, -0.05) is 0 Å². The maximum atomic E-state index is 13.4. The molecule has 0 bridgehead atoms. The second-order valence-electron chi connectivity index (χ2n) is 3.82. The van der Waals surface area contributed by atoms with E-state index in [2.05, 4.69) is 21.2 Å². The first kappa shape index (κ1) is 10.8. The molecule has 1 aromatic rings. The van der Waals surface area contributed by atoms with E-state index in [1.807, 2.05) is 0 Å². The Hall–Kier alpha value is -0.680. The van der Waals surface area contributed by atoms with E-state index in [4.69, 9.17) is 5.73 Å². The summed E-state index contributed by atoms with van der Waals surface area (Å²) in [5.41, 5.74) is 5.93. The van der Waals surface area contributed by atoms with Crippen molar-refractivity contribution in [3.63, 3.8) is 0 Å². The number of hydrogen-bond donors (Lipinski definition) is 2. The zero-order valence-corrected chi connectivity index (χ0v) is 9.52. The maximum Gasteiger partial charge on any atom is 0.150 e. The summed E-state index contributed by atoms with van der Waals surface area (Å²) >= 11 is 3.12. The zero-order chi connectivity index (χ0) is 11.0. The molecule has 0 amide bonds. The Labute approximate surface area is 95.0 Å². The molecule has 3 N–H and O–H groups in total. The van der Waals surface area contributed by atoms with Crippen LogP contribution >= 0.6 is 15.9 Å². The molecule has 0 spiro atoms. The predicted octanol–water partition coefficient (Wildman–Crippen LogP) is 2.63. The molecule has 1 aliphatic carbocycles. The molecule has 1 aromatic carbocycles. The number of anilines is 1. The Balaban J connectivity index is 2.14. The van der Waals surface area contributed by atoms with Gasteiger partial charge in [0.15, 0.2) is 0 Å². The lowest BCUT2D eigenvalue weighted by Gasteiger charge is -2.34. The van der Waals surface area contributed by atoms with Crippen LogP contribution in [0.3, 0.4) is 0 Å². The van der Waals surface area contributed by atoms with Gasteiger partial charge in [0.05, 0.1) is 5.69 Å². The van der Waals surface area contributed by atoms with Gasteiger partial charge in [-0.15, -0.1) is 0 Å². The van der Waals surface area contributed by atoms with Crippen LogP contribution in [0.5, 0.6) is 0 Å². The Morgan fingerprint density at radius 2 is 2.00 bits per heavy atom. The van der Waals surface area contributed by atoms with E-state index < -0.39 is 11.6 Å². The van der Waals surface area contributed by atoms with Gasteiger partial charge in [0.2, 0.25) is 0 Å². The molecular formula is C10H11BrF2N2. The van der Waals surface area contributed by atoms with Crippen molar-refractivity contribution in [1.29, 1.82) is 0 Å². The van der Waals surface area contributed by atoms with Gasteiger partial charge >= 0.3 is 0 Å². The molecule has 5 heteroatoms. The third kappa shape index (κ3) is 2.29. The summed E-state index contributed by atoms with van der Waals surface area (Å²) in [5, 5.41) is 3.00. The highest BCUT2D eigenvalue weighted by atomic mass is 79.9. The molecule has 0 atom stereocenters. The summed E-state index contributed by atoms with van der Waals surface area (Å²) in [4.78, 5) is 0. The molecule has 2 rings (SSSR count). The molecule has 1 aliphatic rings. The van der Waals surface area contributed by atoms with Crippen LogP contribution in [0.1, 0.15) is 12.8 Å². The standard InChI is InChI=1S/C10H11BrF2N2/c11-8-1-5(12)2-9(13)10(8)15-7-3-6(14)4-7/h1-2,6-7,15H,3-4,14H2. The highest BCUT2D eigenvalue weighted by Crippen LogP contribution is 2.30. The minimum Gasteiger partial charge on any atom is -0.379 e. The van der Waals surface area contributed by atoms with Crippen molar-refractivity contribution in [1.82, 2.24) is 0 Å². The van der Waals surface area contributed by atoms with Crippen molar-refractivity contribution in [2.75, 3.05) is 5.32 Å². The molecule has 0 radical (unpaired) electrons. The third-order valence-corrected chi connectivity index (χ3v) is 3.16. The van der Waals surface area contributed by atoms with Crippen LogP contribution in [0.25, 0.3) is 0 Å². The SMILES string of the molecule is NC1CC(Nc2c(F)cc(F)cc2Br)C1. The Bertz CT molecular complexity index is 355. The first-order valence-corrected chi connectivity index (χ1v) is 5.52. The Kier molecular flexibility index (Phi) is 2.93. The van der Waals surface area contributed by atoms with Gasteiger partial charge in [0, 0.05) is 22.6 Å². The lowest BCUT2D eigenvalue weighted by Crippen LogP contribution is -2.44. The van der Waals surface area contributed by atoms with Crippen LogP contribution in [0.15, 0.2) is 16.6 Å². The van der Waals surface area contributed by atoms with Crippen molar-refractivity contribution in [2.24, 2.45) is 5.73 Å². The molecule has 2 nitrogen and oxygen atoms in total. The van der Waals surface area contributed by atoms with Crippen LogP contribution in [0.2, 0.25) is 0 Å². The van der Waals surface area contributed by atoms with Crippen molar-refractivity contribution < 1.29 is 8.78 Å². The summed E-state index contributed by atoms with van der Waals surface area (Å²) < 4.78 is 26.6. The molecule has 0 aliphatic heterocycles. The van der Waals surface area contributed by atoms with Gasteiger partial charge in [-0.05, 0) is 34.8 Å². The smallest absolute Gasteiger partial charge is 0.150 e. The lowest BCUT2D eigenvalue weighted by atomic mass is 9.87. The van der Waals surface area contributed by atoms with Crippen LogP contribution < -0.4 is 11.1 Å². The number of rotatable bonds is 2. The van der Waals surface area contributed by atoms with Crippen LogP contribution in [-0.4, -0.2) is 12.1 Å². The summed E-state index contributed by atoms with van der Waals surface area (Å²) in [6.07, 6.45) is 1.65. The third-order valence-electron chi connectivity index (χ3n) is 2.53. The van der Waals surface area contributed by atoms with Gasteiger partial charge in [0.25, 0.3) is 0 Å². The number of hydrogen-bond acceptors (Lipinski definition) is 2. The molecule has 15 heavy (non-hydrogen) atoms. The second-order valence-corrected chi connectivity index (χ2v) is 4.67. The highest BCUT2D eigenvalue weighted by Gasteiger charge is 2.27. The number of nitrogens with one attached hydrogen (secondary N) is 1. The van der Waals surface area contributed by atoms with Gasteiger partial charge in [-0.2, -0.15) is 0 Å². The molecular weight excluding hydrogens is 266 g/mol. The van der Waals surface area contributed by atoms with Crippen LogP contribution in [-0.2, 0) is 0 Å². The molecule has 0 unspecified atom stereocenters. The summed E-state index contributed by atoms with van der Waals surface area (Å²) in [5.74, 6) is -1.17. The van der Waals surface area contributed by atoms with Gasteiger partial charge in [-0.25, -0.2) is 8.78 Å². The lowest BCUT2D eigenvalue weighted by molar-refractivity contribution is 0.372. The first-order valence-electron chi connectivity index (χ1n) is 4.73. The highest BCUT2D eigenvalue weighted by molar-refractivity contribution is 9.10. The quantitative estimate of drug-likeness (QED) is 0.872. The summed E-state index contributed by atoms with van der Waals surface area (Å²) in [7, 11) is 0. The number of benzene rings is 1. The fraction of sp³-hybridized carbons (Fsp3) is 0.400. The van der Waals surface area contributed by atoms with E-state index in [-0.39, 0.29) is 12.1 Å². The monoisotopic (exact) mass is 276 g/mol. The molecule has 0 heterocycles. The normalized spacial score (nSPS) is 24.8. The van der Waals surface area contributed by atoms with Gasteiger partial charge in [-0.3, -0.25) is 0 Å². The Morgan fingerprint density at radius 3 is 2.53 bits per heavy atom. The minimum absolute atomic E-state index is 0.191. The predicted molar refractivity (Wildman–Crippen MR) is 58.7 cm³/mol. The average Bonchev–Trinajstić information content (AvgIpc) is 2.07. The molecule has 1 fully saturated rings. The van der Waals surface area contributed by atoms with Crippen LogP contribution in [0, 0.1) is 11.6 Å². The van der Waals surface area contributed by atoms with Crippen molar-refractivity contribution in [3.8, 4) is 0 Å². The van der Waals surface area contributed by atoms with E-state index in [1.54, 1.807) is 0 Å². The van der Waals surface area contributed by atoms with Gasteiger partial charge in [0.1, 0.15) is 11.6 Å². The number of halogens is 3. The first-order chi connectivity index (χ1) is 7.06. The van der Waals surface area contributed by atoms with Crippen molar-refractivity contribution in [2.45, 2.75) is 24.9 Å². The molecule has 0 aromatic heterocycles. The van der Waals surface area contributed by atoms with E-state index in [0.29, 0.717) is 10.2 Å². The second kappa shape index (κ2) is 4.06. The fourth-order valence-corrected chi connectivity index (χ4v) is 2.19. The fourth-order valence-electron chi connectivity index (χ4n) is 1.66. The molecule has 82 valence electrons. The van der Waals surface area contributed by atoms with E-state index in [1.165, 1.54) is 6.07 Å². The Morgan fingerprint density at radius 1 is 1.33 bits per heavy atom. The molecule has 1 saturated carbocycles. The van der Waals surface area contributed by atoms with Crippen molar-refractivity contribution in [3.05, 3.63) is 28.2 Å². The van der Waals surface area contributed by atoms with Gasteiger partial charge < -0.3 is 11.1 Å². The maximum absolute atomic E-state index is 13.4.